The number of aromatic nitrogens is 2. The summed E-state index contributed by atoms with van der Waals surface area (Å²) < 4.78 is 0. The van der Waals surface area contributed by atoms with Crippen molar-refractivity contribution in [3.8, 4) is 6.07 Å². The van der Waals surface area contributed by atoms with E-state index < -0.39 is 0 Å². The summed E-state index contributed by atoms with van der Waals surface area (Å²) in [7, 11) is 1.95. The second-order valence-corrected chi connectivity index (χ2v) is 3.75. The summed E-state index contributed by atoms with van der Waals surface area (Å²) >= 11 is 0. The van der Waals surface area contributed by atoms with Gasteiger partial charge in [-0.1, -0.05) is 12.1 Å². The molecule has 2 rings (SSSR count). The molecule has 0 saturated carbocycles. The third-order valence-corrected chi connectivity index (χ3v) is 2.43. The van der Waals surface area contributed by atoms with Crippen molar-refractivity contribution in [3.05, 3.63) is 53.7 Å². The van der Waals surface area contributed by atoms with E-state index in [9.17, 15) is 0 Å². The average Bonchev–Trinajstić information content (AvgIpc) is 2.40. The van der Waals surface area contributed by atoms with Crippen LogP contribution in [0.15, 0.2) is 42.6 Å². The standard InChI is InChI=1S/C13H12N4/c1-17(13-6-3-7-15-16-13)10-12-5-2-4-11(8-12)9-14/h2-8H,10H2,1H3. The lowest BCUT2D eigenvalue weighted by Crippen LogP contribution is -2.17. The fourth-order valence-electron chi connectivity index (χ4n) is 1.59. The minimum absolute atomic E-state index is 0.676. The molecule has 0 fully saturated rings. The molecule has 0 bridgehead atoms. The summed E-state index contributed by atoms with van der Waals surface area (Å²) in [5, 5.41) is 16.7. The van der Waals surface area contributed by atoms with Crippen molar-refractivity contribution in [1.29, 1.82) is 5.26 Å². The van der Waals surface area contributed by atoms with Crippen LogP contribution in [0.1, 0.15) is 11.1 Å². The van der Waals surface area contributed by atoms with Crippen molar-refractivity contribution in [2.24, 2.45) is 0 Å². The van der Waals surface area contributed by atoms with Crippen molar-refractivity contribution in [2.45, 2.75) is 6.54 Å². The average molecular weight is 224 g/mol. The molecular formula is C13H12N4. The van der Waals surface area contributed by atoms with Crippen LogP contribution in [-0.4, -0.2) is 17.2 Å². The van der Waals surface area contributed by atoms with Gasteiger partial charge in [-0.2, -0.15) is 10.4 Å². The maximum Gasteiger partial charge on any atom is 0.151 e. The fourth-order valence-corrected chi connectivity index (χ4v) is 1.59. The van der Waals surface area contributed by atoms with Crippen LogP contribution in [-0.2, 0) is 6.54 Å². The highest BCUT2D eigenvalue weighted by Gasteiger charge is 2.03. The Bertz CT molecular complexity index is 531. The molecule has 0 saturated heterocycles. The lowest BCUT2D eigenvalue weighted by molar-refractivity contribution is 0.866. The van der Waals surface area contributed by atoms with E-state index in [1.807, 2.05) is 42.3 Å². The van der Waals surface area contributed by atoms with E-state index in [4.69, 9.17) is 5.26 Å². The molecule has 0 aliphatic heterocycles. The second kappa shape index (κ2) is 5.08. The minimum atomic E-state index is 0.676. The molecule has 0 spiro atoms. The number of nitrogens with zero attached hydrogens (tertiary/aromatic N) is 4. The van der Waals surface area contributed by atoms with Crippen molar-refractivity contribution in [2.75, 3.05) is 11.9 Å². The molecule has 0 atom stereocenters. The molecule has 17 heavy (non-hydrogen) atoms. The van der Waals surface area contributed by atoms with E-state index in [0.717, 1.165) is 11.4 Å². The number of rotatable bonds is 3. The molecule has 1 heterocycles. The highest BCUT2D eigenvalue weighted by molar-refractivity contribution is 5.39. The van der Waals surface area contributed by atoms with Gasteiger partial charge in [0.25, 0.3) is 0 Å². The van der Waals surface area contributed by atoms with Gasteiger partial charge < -0.3 is 4.90 Å². The van der Waals surface area contributed by atoms with E-state index in [2.05, 4.69) is 16.3 Å². The first-order chi connectivity index (χ1) is 8.29. The molecule has 0 radical (unpaired) electrons. The van der Waals surface area contributed by atoms with E-state index in [-0.39, 0.29) is 0 Å². The van der Waals surface area contributed by atoms with Crippen molar-refractivity contribution < 1.29 is 0 Å². The molecule has 0 N–H and O–H groups in total. The third-order valence-electron chi connectivity index (χ3n) is 2.43. The predicted octanol–water partition coefficient (Wildman–Crippen LogP) is 1.98. The van der Waals surface area contributed by atoms with E-state index in [1.165, 1.54) is 0 Å². The quantitative estimate of drug-likeness (QED) is 0.800. The first-order valence-corrected chi connectivity index (χ1v) is 5.27. The lowest BCUT2D eigenvalue weighted by Gasteiger charge is -2.17. The monoisotopic (exact) mass is 224 g/mol. The Labute approximate surface area is 100 Å². The van der Waals surface area contributed by atoms with Crippen LogP contribution in [0.2, 0.25) is 0 Å². The number of hydrogen-bond acceptors (Lipinski definition) is 4. The molecule has 84 valence electrons. The Morgan fingerprint density at radius 3 is 2.88 bits per heavy atom. The van der Waals surface area contributed by atoms with Gasteiger partial charge in [-0.25, -0.2) is 0 Å². The zero-order chi connectivity index (χ0) is 12.1. The molecule has 1 aromatic carbocycles. The Hall–Kier alpha value is -2.41. The molecule has 0 unspecified atom stereocenters. The summed E-state index contributed by atoms with van der Waals surface area (Å²) in [5.41, 5.74) is 1.76. The normalized spacial score (nSPS) is 9.65. The summed E-state index contributed by atoms with van der Waals surface area (Å²) in [4.78, 5) is 1.99. The molecule has 0 aliphatic carbocycles. The topological polar surface area (TPSA) is 52.8 Å². The maximum atomic E-state index is 8.83. The minimum Gasteiger partial charge on any atom is -0.354 e. The van der Waals surface area contributed by atoms with E-state index in [1.54, 1.807) is 12.3 Å². The van der Waals surface area contributed by atoms with Crippen molar-refractivity contribution >= 4 is 5.82 Å². The van der Waals surface area contributed by atoms with E-state index in [0.29, 0.717) is 12.1 Å². The molecule has 0 amide bonds. The van der Waals surface area contributed by atoms with Crippen LogP contribution in [0, 0.1) is 11.3 Å². The summed E-state index contributed by atoms with van der Waals surface area (Å²) in [6.45, 7) is 0.703. The first kappa shape index (κ1) is 11.1. The fraction of sp³-hybridized carbons (Fsp3) is 0.154. The maximum absolute atomic E-state index is 8.83. The zero-order valence-electron chi connectivity index (χ0n) is 9.54. The van der Waals surface area contributed by atoms with Gasteiger partial charge in [0.15, 0.2) is 5.82 Å². The molecule has 2 aromatic rings. The SMILES string of the molecule is CN(Cc1cccc(C#N)c1)c1cccnn1. The zero-order valence-corrected chi connectivity index (χ0v) is 9.54. The summed E-state index contributed by atoms with van der Waals surface area (Å²) in [5.74, 6) is 0.815. The molecule has 0 aliphatic rings. The van der Waals surface area contributed by atoms with Crippen LogP contribution >= 0.6 is 0 Å². The van der Waals surface area contributed by atoms with Gasteiger partial charge in [-0.15, -0.1) is 5.10 Å². The Kier molecular flexibility index (Phi) is 3.31. The van der Waals surface area contributed by atoms with Crippen LogP contribution in [0.25, 0.3) is 0 Å². The second-order valence-electron chi connectivity index (χ2n) is 3.75. The van der Waals surface area contributed by atoms with Gasteiger partial charge in [0.2, 0.25) is 0 Å². The Morgan fingerprint density at radius 1 is 1.29 bits per heavy atom. The van der Waals surface area contributed by atoms with Gasteiger partial charge in [-0.3, -0.25) is 0 Å². The number of nitriles is 1. The van der Waals surface area contributed by atoms with Gasteiger partial charge in [-0.05, 0) is 29.8 Å². The summed E-state index contributed by atoms with van der Waals surface area (Å²) in [6.07, 6.45) is 1.65. The van der Waals surface area contributed by atoms with Crippen LogP contribution < -0.4 is 4.90 Å². The summed E-state index contributed by atoms with van der Waals surface area (Å²) in [6, 6.07) is 13.4. The smallest absolute Gasteiger partial charge is 0.151 e. The molecule has 1 aromatic heterocycles. The predicted molar refractivity (Wildman–Crippen MR) is 65.3 cm³/mol. The van der Waals surface area contributed by atoms with Crippen LogP contribution in [0.3, 0.4) is 0 Å². The third kappa shape index (κ3) is 2.79. The van der Waals surface area contributed by atoms with E-state index >= 15 is 0 Å². The van der Waals surface area contributed by atoms with Crippen LogP contribution in [0.5, 0.6) is 0 Å². The number of benzene rings is 1. The van der Waals surface area contributed by atoms with Crippen LogP contribution in [0.4, 0.5) is 5.82 Å². The van der Waals surface area contributed by atoms with Crippen molar-refractivity contribution in [1.82, 2.24) is 10.2 Å². The number of anilines is 1. The highest BCUT2D eigenvalue weighted by Crippen LogP contribution is 2.11. The largest absolute Gasteiger partial charge is 0.354 e. The lowest BCUT2D eigenvalue weighted by atomic mass is 10.1. The van der Waals surface area contributed by atoms with Gasteiger partial charge in [0, 0.05) is 19.8 Å². The Balaban J connectivity index is 2.13. The van der Waals surface area contributed by atoms with Gasteiger partial charge >= 0.3 is 0 Å². The Morgan fingerprint density at radius 2 is 2.18 bits per heavy atom. The first-order valence-electron chi connectivity index (χ1n) is 5.27. The number of hydrogen-bond donors (Lipinski definition) is 0. The van der Waals surface area contributed by atoms with Crippen molar-refractivity contribution in [3.63, 3.8) is 0 Å². The van der Waals surface area contributed by atoms with Gasteiger partial charge in [0.1, 0.15) is 0 Å². The highest BCUT2D eigenvalue weighted by atomic mass is 15.2. The molecule has 4 heteroatoms. The molecular weight excluding hydrogens is 212 g/mol. The molecule has 4 nitrogen and oxygen atoms in total. The van der Waals surface area contributed by atoms with Gasteiger partial charge in [0.05, 0.1) is 11.6 Å².